The Kier molecular flexibility index (Phi) is 3.30. The average Bonchev–Trinajstić information content (AvgIpc) is 2.85. The van der Waals surface area contributed by atoms with Crippen LogP contribution in [0, 0.1) is 0 Å². The number of benzene rings is 1. The van der Waals surface area contributed by atoms with Crippen molar-refractivity contribution in [1.29, 1.82) is 0 Å². The fourth-order valence-electron chi connectivity index (χ4n) is 1.49. The van der Waals surface area contributed by atoms with Crippen molar-refractivity contribution in [1.82, 2.24) is 0 Å². The summed E-state index contributed by atoms with van der Waals surface area (Å²) in [5.74, 6) is 0.570. The van der Waals surface area contributed by atoms with E-state index in [1.165, 1.54) is 24.5 Å². The molecule has 2 rings (SSSR count). The normalized spacial score (nSPS) is 11.5. The second-order valence-corrected chi connectivity index (χ2v) is 4.26. The summed E-state index contributed by atoms with van der Waals surface area (Å²) in [5, 5.41) is 24.0. The summed E-state index contributed by atoms with van der Waals surface area (Å²) in [6, 6.07) is 8.51. The van der Waals surface area contributed by atoms with Gasteiger partial charge in [0.1, 0.15) is 17.2 Å². The van der Waals surface area contributed by atoms with Gasteiger partial charge < -0.3 is 15.1 Å². The zero-order valence-electron chi connectivity index (χ0n) is 9.12. The van der Waals surface area contributed by atoms with E-state index in [9.17, 15) is 5.11 Å². The molecule has 17 heavy (non-hydrogen) atoms. The Morgan fingerprint density at radius 2 is 2.18 bits per heavy atom. The summed E-state index contributed by atoms with van der Waals surface area (Å²) in [4.78, 5) is 0.785. The maximum atomic E-state index is 9.86. The van der Waals surface area contributed by atoms with Crippen LogP contribution in [0.25, 0.3) is 0 Å². The van der Waals surface area contributed by atoms with Gasteiger partial charge in [0.05, 0.1) is 12.0 Å². The first kappa shape index (κ1) is 11.5. The second kappa shape index (κ2) is 4.88. The van der Waals surface area contributed by atoms with Gasteiger partial charge in [0, 0.05) is 11.6 Å². The first-order valence-corrected chi connectivity index (χ1v) is 5.77. The van der Waals surface area contributed by atoms with E-state index >= 15 is 0 Å². The van der Waals surface area contributed by atoms with E-state index in [0.29, 0.717) is 17.0 Å². The maximum Gasteiger partial charge on any atom is 0.130 e. The Balaban J connectivity index is 2.46. The van der Waals surface area contributed by atoms with E-state index in [0.717, 1.165) is 4.88 Å². The quantitative estimate of drug-likeness (QED) is 0.499. The molecule has 88 valence electrons. The van der Waals surface area contributed by atoms with E-state index in [4.69, 9.17) is 9.94 Å². The van der Waals surface area contributed by atoms with E-state index in [1.54, 1.807) is 12.1 Å². The number of hydrogen-bond acceptors (Lipinski definition) is 5. The van der Waals surface area contributed by atoms with Gasteiger partial charge in [0.2, 0.25) is 0 Å². The molecule has 0 aliphatic carbocycles. The lowest BCUT2D eigenvalue weighted by molar-refractivity contribution is 0.319. The predicted molar refractivity (Wildman–Crippen MR) is 66.4 cm³/mol. The van der Waals surface area contributed by atoms with Crippen molar-refractivity contribution < 1.29 is 15.1 Å². The van der Waals surface area contributed by atoms with Crippen LogP contribution < -0.4 is 4.74 Å². The number of rotatable bonds is 3. The lowest BCUT2D eigenvalue weighted by atomic mass is 10.1. The molecule has 0 amide bonds. The molecule has 0 aliphatic heterocycles. The molecule has 0 unspecified atom stereocenters. The van der Waals surface area contributed by atoms with Crippen LogP contribution in [0.1, 0.15) is 10.4 Å². The van der Waals surface area contributed by atoms with Gasteiger partial charge >= 0.3 is 0 Å². The van der Waals surface area contributed by atoms with E-state index in [-0.39, 0.29) is 5.75 Å². The van der Waals surface area contributed by atoms with Gasteiger partial charge in [-0.2, -0.15) is 0 Å². The fourth-order valence-corrected chi connectivity index (χ4v) is 2.21. The van der Waals surface area contributed by atoms with Crippen LogP contribution in [-0.4, -0.2) is 23.1 Å². The van der Waals surface area contributed by atoms with Crippen LogP contribution in [-0.2, 0) is 0 Å². The molecular weight excluding hydrogens is 238 g/mol. The van der Waals surface area contributed by atoms with Gasteiger partial charge in [-0.25, -0.2) is 0 Å². The number of oxime groups is 1. The molecule has 1 aromatic carbocycles. The minimum Gasteiger partial charge on any atom is -0.507 e. The summed E-state index contributed by atoms with van der Waals surface area (Å²) in [6.45, 7) is 0. The van der Waals surface area contributed by atoms with Crippen LogP contribution >= 0.6 is 11.3 Å². The topological polar surface area (TPSA) is 62.0 Å². The summed E-state index contributed by atoms with van der Waals surface area (Å²) in [5.41, 5.74) is 0.816. The molecule has 0 radical (unpaired) electrons. The molecule has 1 aromatic heterocycles. The highest BCUT2D eigenvalue weighted by molar-refractivity contribution is 7.12. The molecule has 5 heteroatoms. The van der Waals surface area contributed by atoms with Crippen molar-refractivity contribution >= 4 is 17.0 Å². The smallest absolute Gasteiger partial charge is 0.130 e. The Morgan fingerprint density at radius 3 is 2.71 bits per heavy atom. The zero-order chi connectivity index (χ0) is 12.3. The largest absolute Gasteiger partial charge is 0.507 e. The Morgan fingerprint density at radius 1 is 1.35 bits per heavy atom. The number of nitrogens with zero attached hydrogens (tertiary/aromatic N) is 1. The van der Waals surface area contributed by atoms with Crippen LogP contribution in [0.5, 0.6) is 11.5 Å². The van der Waals surface area contributed by atoms with Crippen molar-refractivity contribution in [2.24, 2.45) is 5.16 Å². The van der Waals surface area contributed by atoms with E-state index < -0.39 is 0 Å². The third-order valence-electron chi connectivity index (χ3n) is 2.31. The molecule has 4 nitrogen and oxygen atoms in total. The number of ether oxygens (including phenoxy) is 1. The second-order valence-electron chi connectivity index (χ2n) is 3.31. The van der Waals surface area contributed by atoms with Gasteiger partial charge in [-0.3, -0.25) is 0 Å². The number of thiophene rings is 1. The lowest BCUT2D eigenvalue weighted by Crippen LogP contribution is -2.01. The van der Waals surface area contributed by atoms with Crippen LogP contribution in [0.15, 0.2) is 40.9 Å². The van der Waals surface area contributed by atoms with Crippen molar-refractivity contribution in [2.75, 3.05) is 7.11 Å². The number of aromatic hydroxyl groups is 1. The SMILES string of the molecule is COc1ccc(C(=NO)c2cccs2)c(O)c1. The highest BCUT2D eigenvalue weighted by Gasteiger charge is 2.13. The molecule has 0 fully saturated rings. The number of hydrogen-bond donors (Lipinski definition) is 2. The fraction of sp³-hybridized carbons (Fsp3) is 0.0833. The molecule has 0 aliphatic rings. The molecule has 0 bridgehead atoms. The zero-order valence-corrected chi connectivity index (χ0v) is 9.94. The van der Waals surface area contributed by atoms with Crippen LogP contribution in [0.2, 0.25) is 0 Å². The average molecular weight is 249 g/mol. The van der Waals surface area contributed by atoms with Gasteiger partial charge in [-0.05, 0) is 23.6 Å². The van der Waals surface area contributed by atoms with E-state index in [2.05, 4.69) is 5.16 Å². The summed E-state index contributed by atoms with van der Waals surface area (Å²) in [7, 11) is 1.52. The van der Waals surface area contributed by atoms with Crippen molar-refractivity contribution in [3.63, 3.8) is 0 Å². The van der Waals surface area contributed by atoms with Crippen LogP contribution in [0.4, 0.5) is 0 Å². The summed E-state index contributed by atoms with van der Waals surface area (Å²) in [6.07, 6.45) is 0. The van der Waals surface area contributed by atoms with Crippen LogP contribution in [0.3, 0.4) is 0 Å². The molecule has 2 N–H and O–H groups in total. The van der Waals surface area contributed by atoms with E-state index in [1.807, 2.05) is 17.5 Å². The summed E-state index contributed by atoms with van der Waals surface area (Å²) >= 11 is 1.44. The molecule has 0 saturated heterocycles. The Bertz CT molecular complexity index is 535. The van der Waals surface area contributed by atoms with Gasteiger partial charge in [-0.1, -0.05) is 11.2 Å². The molecule has 2 aromatic rings. The highest BCUT2D eigenvalue weighted by Crippen LogP contribution is 2.27. The first-order chi connectivity index (χ1) is 8.26. The minimum atomic E-state index is 0.0190. The lowest BCUT2D eigenvalue weighted by Gasteiger charge is -2.07. The van der Waals surface area contributed by atoms with Gasteiger partial charge in [0.15, 0.2) is 0 Å². The van der Waals surface area contributed by atoms with Gasteiger partial charge in [-0.15, -0.1) is 11.3 Å². The van der Waals surface area contributed by atoms with Crippen molar-refractivity contribution in [3.05, 3.63) is 46.2 Å². The standard InChI is InChI=1S/C12H11NO3S/c1-16-8-4-5-9(10(14)7-8)12(13-15)11-3-2-6-17-11/h2-7,14-15H,1H3. The third kappa shape index (κ3) is 2.24. The number of phenols is 1. The maximum absolute atomic E-state index is 9.86. The van der Waals surface area contributed by atoms with Gasteiger partial charge in [0.25, 0.3) is 0 Å². The minimum absolute atomic E-state index is 0.0190. The molecular formula is C12H11NO3S. The Hall–Kier alpha value is -2.01. The van der Waals surface area contributed by atoms with Crippen molar-refractivity contribution in [3.8, 4) is 11.5 Å². The molecule has 0 saturated carbocycles. The Labute approximate surface area is 102 Å². The predicted octanol–water partition coefficient (Wildman–Crippen LogP) is 2.69. The molecule has 0 spiro atoms. The highest BCUT2D eigenvalue weighted by atomic mass is 32.1. The van der Waals surface area contributed by atoms with Crippen molar-refractivity contribution in [2.45, 2.75) is 0 Å². The monoisotopic (exact) mass is 249 g/mol. The number of phenolic OH excluding ortho intramolecular Hbond substituents is 1. The number of methoxy groups -OCH3 is 1. The molecule has 0 atom stereocenters. The first-order valence-electron chi connectivity index (χ1n) is 4.89. The summed E-state index contributed by atoms with van der Waals surface area (Å²) < 4.78 is 4.99. The third-order valence-corrected chi connectivity index (χ3v) is 3.19. The molecule has 1 heterocycles.